The standard InChI is InChI=1S/C30H30FN7O2/c1-20-4-3-5-22-18-26(30(39)32-27(20)22)28(29-33-34-35-38(29)19-21-6-8-23(31)9-7-21)37-16-14-36(15-17-37)24-10-12-25(40-2)13-11-24/h3-13,18,28H,14-17,19H2,1-2H3,(H,32,39)/t28-/m0/s1. The largest absolute Gasteiger partial charge is 0.497 e. The maximum Gasteiger partial charge on any atom is 0.253 e. The molecule has 2 aromatic heterocycles. The molecule has 0 bridgehead atoms. The Hall–Kier alpha value is -4.57. The number of methoxy groups -OCH3 is 1. The maximum atomic E-state index is 13.6. The second-order valence-electron chi connectivity index (χ2n) is 10.0. The zero-order valence-electron chi connectivity index (χ0n) is 22.4. The van der Waals surface area contributed by atoms with Gasteiger partial charge in [-0.1, -0.05) is 30.3 Å². The van der Waals surface area contributed by atoms with Crippen LogP contribution in [0.1, 0.15) is 28.6 Å². The van der Waals surface area contributed by atoms with Crippen molar-refractivity contribution in [1.29, 1.82) is 0 Å². The Bertz CT molecular complexity index is 1670. The lowest BCUT2D eigenvalue weighted by Crippen LogP contribution is -2.49. The summed E-state index contributed by atoms with van der Waals surface area (Å²) in [6, 6.07) is 21.8. The summed E-state index contributed by atoms with van der Waals surface area (Å²) in [4.78, 5) is 21.3. The highest BCUT2D eigenvalue weighted by Crippen LogP contribution is 2.30. The monoisotopic (exact) mass is 539 g/mol. The molecule has 1 aliphatic rings. The number of nitrogens with zero attached hydrogens (tertiary/aromatic N) is 6. The van der Waals surface area contributed by atoms with Gasteiger partial charge < -0.3 is 14.6 Å². The summed E-state index contributed by atoms with van der Waals surface area (Å²) >= 11 is 0. The molecular formula is C30H30FN7O2. The first-order valence-electron chi connectivity index (χ1n) is 13.3. The van der Waals surface area contributed by atoms with Gasteiger partial charge >= 0.3 is 0 Å². The number of fused-ring (bicyclic) bond motifs is 1. The van der Waals surface area contributed by atoms with Gasteiger partial charge in [0.1, 0.15) is 17.6 Å². The van der Waals surface area contributed by atoms with E-state index in [0.717, 1.165) is 46.6 Å². The summed E-state index contributed by atoms with van der Waals surface area (Å²) in [5.74, 6) is 1.09. The number of anilines is 1. The molecule has 1 saturated heterocycles. The zero-order chi connectivity index (χ0) is 27.6. The Morgan fingerprint density at radius 2 is 1.75 bits per heavy atom. The van der Waals surface area contributed by atoms with Crippen LogP contribution >= 0.6 is 0 Å². The molecule has 3 heterocycles. The average molecular weight is 540 g/mol. The number of benzene rings is 3. The molecule has 1 N–H and O–H groups in total. The van der Waals surface area contributed by atoms with Gasteiger partial charge in [-0.15, -0.1) is 5.10 Å². The number of hydrogen-bond donors (Lipinski definition) is 1. The molecular weight excluding hydrogens is 509 g/mol. The minimum atomic E-state index is -0.470. The highest BCUT2D eigenvalue weighted by Gasteiger charge is 2.33. The third-order valence-electron chi connectivity index (χ3n) is 7.58. The van der Waals surface area contributed by atoms with Gasteiger partial charge in [-0.25, -0.2) is 9.07 Å². The van der Waals surface area contributed by atoms with Crippen molar-refractivity contribution in [3.63, 3.8) is 0 Å². The Balaban J connectivity index is 1.36. The van der Waals surface area contributed by atoms with Gasteiger partial charge in [0.15, 0.2) is 5.82 Å². The SMILES string of the molecule is COc1ccc(N2CCN([C@@H](c3cc4cccc(C)c4[nH]c3=O)c3nnnn3Cc3ccc(F)cc3)CC2)cc1. The maximum absolute atomic E-state index is 13.6. The van der Waals surface area contributed by atoms with Crippen molar-refractivity contribution in [2.75, 3.05) is 38.2 Å². The first-order valence-corrected chi connectivity index (χ1v) is 13.3. The number of aryl methyl sites for hydroxylation is 1. The number of aromatic amines is 1. The van der Waals surface area contributed by atoms with Crippen LogP contribution in [0.4, 0.5) is 10.1 Å². The van der Waals surface area contributed by atoms with E-state index in [1.165, 1.54) is 12.1 Å². The number of tetrazole rings is 1. The van der Waals surface area contributed by atoms with Crippen LogP contribution in [-0.4, -0.2) is 63.4 Å². The number of halogens is 1. The number of nitrogens with one attached hydrogen (secondary N) is 1. The molecule has 0 unspecified atom stereocenters. The van der Waals surface area contributed by atoms with Gasteiger partial charge in [0.25, 0.3) is 5.56 Å². The fourth-order valence-corrected chi connectivity index (χ4v) is 5.42. The predicted molar refractivity (Wildman–Crippen MR) is 151 cm³/mol. The van der Waals surface area contributed by atoms with E-state index in [0.29, 0.717) is 31.0 Å². The van der Waals surface area contributed by atoms with E-state index in [2.05, 4.69) is 42.4 Å². The Morgan fingerprint density at radius 3 is 2.48 bits per heavy atom. The van der Waals surface area contributed by atoms with Gasteiger partial charge in [-0.05, 0) is 76.3 Å². The third kappa shape index (κ3) is 5.05. The second-order valence-corrected chi connectivity index (χ2v) is 10.0. The summed E-state index contributed by atoms with van der Waals surface area (Å²) in [7, 11) is 1.66. The molecule has 1 atom stereocenters. The molecule has 6 rings (SSSR count). The lowest BCUT2D eigenvalue weighted by Gasteiger charge is -2.39. The summed E-state index contributed by atoms with van der Waals surface area (Å²) in [5.41, 5.74) is 4.24. The Labute approximate surface area is 230 Å². The smallest absolute Gasteiger partial charge is 0.253 e. The second kappa shape index (κ2) is 10.9. The van der Waals surface area contributed by atoms with Gasteiger partial charge in [0, 0.05) is 37.4 Å². The quantitative estimate of drug-likeness (QED) is 0.335. The molecule has 204 valence electrons. The highest BCUT2D eigenvalue weighted by molar-refractivity contribution is 5.82. The molecule has 0 aliphatic carbocycles. The zero-order valence-corrected chi connectivity index (χ0v) is 22.4. The number of para-hydroxylation sites is 1. The van der Waals surface area contributed by atoms with Gasteiger partial charge in [0.2, 0.25) is 0 Å². The van der Waals surface area contributed by atoms with Crippen LogP contribution in [0.5, 0.6) is 5.75 Å². The lowest BCUT2D eigenvalue weighted by molar-refractivity contribution is 0.200. The number of H-pyrrole nitrogens is 1. The molecule has 3 aromatic carbocycles. The van der Waals surface area contributed by atoms with Crippen molar-refractivity contribution in [1.82, 2.24) is 30.1 Å². The van der Waals surface area contributed by atoms with Crippen molar-refractivity contribution >= 4 is 16.6 Å². The van der Waals surface area contributed by atoms with Crippen molar-refractivity contribution in [3.8, 4) is 5.75 Å². The van der Waals surface area contributed by atoms with Crippen molar-refractivity contribution < 1.29 is 9.13 Å². The number of aromatic nitrogens is 5. The average Bonchev–Trinajstić information content (AvgIpc) is 3.43. The Kier molecular flexibility index (Phi) is 7.00. The molecule has 9 nitrogen and oxygen atoms in total. The first kappa shape index (κ1) is 25.7. The van der Waals surface area contributed by atoms with E-state index in [1.54, 1.807) is 23.9 Å². The lowest BCUT2D eigenvalue weighted by atomic mass is 10.0. The molecule has 0 saturated carbocycles. The Morgan fingerprint density at radius 1 is 1.00 bits per heavy atom. The van der Waals surface area contributed by atoms with Crippen LogP contribution in [0.15, 0.2) is 77.6 Å². The van der Waals surface area contributed by atoms with Crippen molar-refractivity contribution in [3.05, 3.63) is 111 Å². The van der Waals surface area contributed by atoms with E-state index in [-0.39, 0.29) is 11.4 Å². The molecule has 1 aliphatic heterocycles. The summed E-state index contributed by atoms with van der Waals surface area (Å²) in [6.07, 6.45) is 0. The summed E-state index contributed by atoms with van der Waals surface area (Å²) < 4.78 is 20.5. The first-order chi connectivity index (χ1) is 19.5. The normalized spacial score (nSPS) is 14.9. The van der Waals surface area contributed by atoms with Crippen molar-refractivity contribution in [2.45, 2.75) is 19.5 Å². The van der Waals surface area contributed by atoms with E-state index < -0.39 is 6.04 Å². The molecule has 40 heavy (non-hydrogen) atoms. The van der Waals surface area contributed by atoms with Crippen LogP contribution in [-0.2, 0) is 6.54 Å². The minimum absolute atomic E-state index is 0.166. The number of rotatable bonds is 7. The molecule has 5 aromatic rings. The van der Waals surface area contributed by atoms with Gasteiger partial charge in [0.05, 0.1) is 19.2 Å². The van der Waals surface area contributed by atoms with Crippen LogP contribution in [0.3, 0.4) is 0 Å². The van der Waals surface area contributed by atoms with E-state index >= 15 is 0 Å². The number of piperazine rings is 1. The highest BCUT2D eigenvalue weighted by atomic mass is 19.1. The van der Waals surface area contributed by atoms with Gasteiger partial charge in [-0.3, -0.25) is 9.69 Å². The molecule has 0 radical (unpaired) electrons. The molecule has 1 fully saturated rings. The van der Waals surface area contributed by atoms with Crippen LogP contribution in [0.25, 0.3) is 10.9 Å². The minimum Gasteiger partial charge on any atom is -0.497 e. The molecule has 10 heteroatoms. The van der Waals surface area contributed by atoms with Gasteiger partial charge in [-0.2, -0.15) is 0 Å². The summed E-state index contributed by atoms with van der Waals surface area (Å²) in [5, 5.41) is 13.6. The fraction of sp³-hybridized carbons (Fsp3) is 0.267. The van der Waals surface area contributed by atoms with Crippen LogP contribution in [0, 0.1) is 12.7 Å². The number of ether oxygens (including phenoxy) is 1. The van der Waals surface area contributed by atoms with E-state index in [9.17, 15) is 9.18 Å². The topological polar surface area (TPSA) is 92.2 Å². The van der Waals surface area contributed by atoms with E-state index in [1.807, 2.05) is 43.3 Å². The molecule has 0 spiro atoms. The van der Waals surface area contributed by atoms with Crippen LogP contribution in [0.2, 0.25) is 0 Å². The van der Waals surface area contributed by atoms with E-state index in [4.69, 9.17) is 4.74 Å². The van der Waals surface area contributed by atoms with Crippen molar-refractivity contribution in [2.24, 2.45) is 0 Å². The molecule has 0 amide bonds. The number of hydrogen-bond acceptors (Lipinski definition) is 7. The van der Waals surface area contributed by atoms with Crippen LogP contribution < -0.4 is 15.2 Å². The third-order valence-corrected chi connectivity index (χ3v) is 7.58. The number of pyridine rings is 1. The fourth-order valence-electron chi connectivity index (χ4n) is 5.42. The summed E-state index contributed by atoms with van der Waals surface area (Å²) in [6.45, 7) is 5.28. The predicted octanol–water partition coefficient (Wildman–Crippen LogP) is 3.93.